The number of benzene rings is 2. The molecule has 2 atom stereocenters. The molecule has 2 aromatic carbocycles. The minimum atomic E-state index is -0.894. The first-order valence-corrected chi connectivity index (χ1v) is 10.6. The van der Waals surface area contributed by atoms with Crippen molar-refractivity contribution < 1.29 is 20.1 Å². The first-order chi connectivity index (χ1) is 14.3. The van der Waals surface area contributed by atoms with Crippen molar-refractivity contribution in [1.82, 2.24) is 4.90 Å². The van der Waals surface area contributed by atoms with Gasteiger partial charge in [-0.1, -0.05) is 30.3 Å². The van der Waals surface area contributed by atoms with Crippen LogP contribution in [0.3, 0.4) is 0 Å². The van der Waals surface area contributed by atoms with Gasteiger partial charge in [-0.05, 0) is 56.5 Å². The lowest BCUT2D eigenvalue weighted by molar-refractivity contribution is -0.0570. The Morgan fingerprint density at radius 2 is 1.83 bits per heavy atom. The number of anilines is 1. The van der Waals surface area contributed by atoms with Gasteiger partial charge in [0.05, 0.1) is 24.9 Å². The molecule has 0 spiro atoms. The van der Waals surface area contributed by atoms with Crippen molar-refractivity contribution in [2.45, 2.75) is 51.1 Å². The Balaban J connectivity index is 1.80. The van der Waals surface area contributed by atoms with E-state index in [0.717, 1.165) is 25.1 Å². The fourth-order valence-electron chi connectivity index (χ4n) is 3.88. The van der Waals surface area contributed by atoms with Gasteiger partial charge in [0.1, 0.15) is 12.0 Å². The van der Waals surface area contributed by atoms with Gasteiger partial charge < -0.3 is 25.0 Å². The van der Waals surface area contributed by atoms with Gasteiger partial charge in [0.2, 0.25) is 0 Å². The Bertz CT molecular complexity index is 761. The standard InChI is InChI=1S/C24H34N2O4/c1-24(2,29)18-30-17-21(26-14-6-9-23(26)28)16-25(15-19-7-4-3-5-8-19)20-10-12-22(27)13-11-20/h3-5,7-8,10-13,21,23,27-29H,6,9,14-18H2,1-2H3. The molecule has 3 N–H and O–H groups in total. The highest BCUT2D eigenvalue weighted by Gasteiger charge is 2.31. The molecule has 0 bridgehead atoms. The van der Waals surface area contributed by atoms with E-state index < -0.39 is 11.8 Å². The van der Waals surface area contributed by atoms with Crippen molar-refractivity contribution in [3.63, 3.8) is 0 Å². The van der Waals surface area contributed by atoms with Crippen molar-refractivity contribution in [2.24, 2.45) is 0 Å². The van der Waals surface area contributed by atoms with Crippen LogP contribution in [-0.2, 0) is 11.3 Å². The van der Waals surface area contributed by atoms with Crippen LogP contribution in [0.4, 0.5) is 5.69 Å². The van der Waals surface area contributed by atoms with Crippen LogP contribution in [0, 0.1) is 0 Å². The van der Waals surface area contributed by atoms with E-state index in [2.05, 4.69) is 21.9 Å². The van der Waals surface area contributed by atoms with Crippen molar-refractivity contribution in [1.29, 1.82) is 0 Å². The number of aliphatic hydroxyl groups is 2. The summed E-state index contributed by atoms with van der Waals surface area (Å²) in [5.41, 5.74) is 1.29. The number of ether oxygens (including phenoxy) is 1. The molecule has 0 saturated carbocycles. The summed E-state index contributed by atoms with van der Waals surface area (Å²) in [5.74, 6) is 0.235. The second-order valence-corrected chi connectivity index (χ2v) is 8.72. The van der Waals surface area contributed by atoms with E-state index in [0.29, 0.717) is 19.7 Å². The maximum Gasteiger partial charge on any atom is 0.115 e. The van der Waals surface area contributed by atoms with Gasteiger partial charge in [0.15, 0.2) is 0 Å². The van der Waals surface area contributed by atoms with E-state index in [9.17, 15) is 15.3 Å². The molecule has 1 aliphatic heterocycles. The van der Waals surface area contributed by atoms with E-state index in [1.165, 1.54) is 5.56 Å². The van der Waals surface area contributed by atoms with Gasteiger partial charge in [-0.25, -0.2) is 0 Å². The minimum Gasteiger partial charge on any atom is -0.508 e. The van der Waals surface area contributed by atoms with Gasteiger partial charge >= 0.3 is 0 Å². The Kier molecular flexibility index (Phi) is 7.72. The van der Waals surface area contributed by atoms with E-state index in [-0.39, 0.29) is 18.4 Å². The van der Waals surface area contributed by atoms with Gasteiger partial charge in [-0.3, -0.25) is 4.90 Å². The minimum absolute atomic E-state index is 0.0256. The molecule has 2 unspecified atom stereocenters. The molecule has 30 heavy (non-hydrogen) atoms. The van der Waals surface area contributed by atoms with Crippen LogP contribution in [0.25, 0.3) is 0 Å². The number of nitrogens with zero attached hydrogens (tertiary/aromatic N) is 2. The number of aromatic hydroxyl groups is 1. The summed E-state index contributed by atoms with van der Waals surface area (Å²) in [4.78, 5) is 4.35. The zero-order valence-corrected chi connectivity index (χ0v) is 17.9. The third-order valence-electron chi connectivity index (χ3n) is 5.36. The van der Waals surface area contributed by atoms with E-state index in [4.69, 9.17) is 4.74 Å². The first kappa shape index (κ1) is 22.6. The molecule has 2 aromatic rings. The third-order valence-corrected chi connectivity index (χ3v) is 5.36. The lowest BCUT2D eigenvalue weighted by atomic mass is 10.1. The highest BCUT2D eigenvalue weighted by Crippen LogP contribution is 2.24. The molecular weight excluding hydrogens is 380 g/mol. The van der Waals surface area contributed by atoms with E-state index >= 15 is 0 Å². The molecule has 0 radical (unpaired) electrons. The van der Waals surface area contributed by atoms with Gasteiger partial charge in [-0.15, -0.1) is 0 Å². The number of phenolic OH excluding ortho intramolecular Hbond substituents is 1. The summed E-state index contributed by atoms with van der Waals surface area (Å²) in [6.45, 7) is 6.30. The van der Waals surface area contributed by atoms with Crippen molar-refractivity contribution in [3.8, 4) is 5.75 Å². The molecule has 0 amide bonds. The smallest absolute Gasteiger partial charge is 0.115 e. The van der Waals surface area contributed by atoms with Crippen molar-refractivity contribution >= 4 is 5.69 Å². The Labute approximate surface area is 179 Å². The van der Waals surface area contributed by atoms with Gasteiger partial charge in [-0.2, -0.15) is 0 Å². The number of likely N-dealkylation sites (tertiary alicyclic amines) is 1. The number of aliphatic hydroxyl groups excluding tert-OH is 1. The zero-order valence-electron chi connectivity index (χ0n) is 17.9. The molecule has 3 rings (SSSR count). The lowest BCUT2D eigenvalue weighted by Gasteiger charge is -2.36. The largest absolute Gasteiger partial charge is 0.508 e. The summed E-state index contributed by atoms with van der Waals surface area (Å²) < 4.78 is 5.86. The summed E-state index contributed by atoms with van der Waals surface area (Å²) in [5, 5.41) is 30.2. The van der Waals surface area contributed by atoms with Gasteiger partial charge in [0.25, 0.3) is 0 Å². The number of hydrogen-bond donors (Lipinski definition) is 3. The highest BCUT2D eigenvalue weighted by molar-refractivity contribution is 5.49. The molecule has 6 nitrogen and oxygen atoms in total. The highest BCUT2D eigenvalue weighted by atomic mass is 16.5. The Hall–Kier alpha value is -2.12. The fraction of sp³-hybridized carbons (Fsp3) is 0.500. The van der Waals surface area contributed by atoms with Crippen LogP contribution in [0.2, 0.25) is 0 Å². The predicted octanol–water partition coefficient (Wildman–Crippen LogP) is 2.97. The second-order valence-electron chi connectivity index (χ2n) is 8.72. The average Bonchev–Trinajstić information content (AvgIpc) is 3.13. The van der Waals surface area contributed by atoms with Crippen molar-refractivity contribution in [3.05, 3.63) is 60.2 Å². The topological polar surface area (TPSA) is 76.4 Å². The quantitative estimate of drug-likeness (QED) is 0.555. The summed E-state index contributed by atoms with van der Waals surface area (Å²) in [7, 11) is 0. The second kappa shape index (κ2) is 10.3. The van der Waals surface area contributed by atoms with E-state index in [1.54, 1.807) is 26.0 Å². The van der Waals surface area contributed by atoms with Crippen LogP contribution < -0.4 is 4.90 Å². The monoisotopic (exact) mass is 414 g/mol. The maximum atomic E-state index is 10.5. The predicted molar refractivity (Wildman–Crippen MR) is 118 cm³/mol. The molecule has 0 aliphatic carbocycles. The zero-order chi connectivity index (χ0) is 21.6. The van der Waals surface area contributed by atoms with Crippen LogP contribution in [0.1, 0.15) is 32.3 Å². The van der Waals surface area contributed by atoms with Crippen LogP contribution >= 0.6 is 0 Å². The molecule has 164 valence electrons. The number of phenols is 1. The van der Waals surface area contributed by atoms with E-state index in [1.807, 2.05) is 30.3 Å². The van der Waals surface area contributed by atoms with Crippen LogP contribution in [-0.4, -0.2) is 64.4 Å². The molecule has 1 heterocycles. The molecule has 1 fully saturated rings. The summed E-state index contributed by atoms with van der Waals surface area (Å²) in [6.07, 6.45) is 1.25. The molecule has 1 aliphatic rings. The van der Waals surface area contributed by atoms with Gasteiger partial charge in [0, 0.05) is 25.3 Å². The Morgan fingerprint density at radius 3 is 2.43 bits per heavy atom. The van der Waals surface area contributed by atoms with Crippen LogP contribution in [0.5, 0.6) is 5.75 Å². The normalized spacial score (nSPS) is 18.5. The first-order valence-electron chi connectivity index (χ1n) is 10.6. The number of rotatable bonds is 10. The molecular formula is C24H34N2O4. The Morgan fingerprint density at radius 1 is 1.13 bits per heavy atom. The maximum absolute atomic E-state index is 10.5. The van der Waals surface area contributed by atoms with Crippen LogP contribution in [0.15, 0.2) is 54.6 Å². The average molecular weight is 415 g/mol. The number of hydrogen-bond acceptors (Lipinski definition) is 6. The summed E-state index contributed by atoms with van der Waals surface area (Å²) >= 11 is 0. The third kappa shape index (κ3) is 6.71. The van der Waals surface area contributed by atoms with Crippen molar-refractivity contribution in [2.75, 3.05) is 31.2 Å². The lowest BCUT2D eigenvalue weighted by Crippen LogP contribution is -2.49. The SMILES string of the molecule is CC(C)(O)COCC(CN(Cc1ccccc1)c1ccc(O)cc1)N1CCCC1O. The molecule has 6 heteroatoms. The molecule has 0 aromatic heterocycles. The fourth-order valence-corrected chi connectivity index (χ4v) is 3.88. The summed E-state index contributed by atoms with van der Waals surface area (Å²) in [6, 6.07) is 17.4. The molecule has 1 saturated heterocycles.